The summed E-state index contributed by atoms with van der Waals surface area (Å²) in [5.74, 6) is -0.728. The molecule has 19 heavy (non-hydrogen) atoms. The van der Waals surface area contributed by atoms with Crippen molar-refractivity contribution in [3.63, 3.8) is 0 Å². The topological polar surface area (TPSA) is 98.7 Å². The summed E-state index contributed by atoms with van der Waals surface area (Å²) in [7, 11) is 0. The molecule has 102 valence electrons. The van der Waals surface area contributed by atoms with Crippen LogP contribution in [0.3, 0.4) is 0 Å². The highest BCUT2D eigenvalue weighted by Gasteiger charge is 2.24. The fraction of sp³-hybridized carbons (Fsp3) is 0.364. The molecule has 1 aliphatic rings. The Kier molecular flexibility index (Phi) is 3.87. The molecule has 0 aromatic heterocycles. The Morgan fingerprint density at radius 2 is 2.05 bits per heavy atom. The number of nitro groups is 1. The van der Waals surface area contributed by atoms with Crippen LogP contribution in [-0.2, 0) is 4.74 Å². The number of carbonyl (C=O) groups excluding carboxylic acids is 1. The molecule has 1 amide bonds. The molecule has 1 aliphatic heterocycles. The number of ether oxygens (including phenoxy) is 1. The van der Waals surface area contributed by atoms with E-state index in [9.17, 15) is 14.9 Å². The van der Waals surface area contributed by atoms with Gasteiger partial charge in [-0.05, 0) is 6.07 Å². The Hall–Kier alpha value is -1.86. The van der Waals surface area contributed by atoms with E-state index in [0.29, 0.717) is 32.0 Å². The van der Waals surface area contributed by atoms with Crippen molar-refractivity contribution in [3.8, 4) is 0 Å². The number of hydrogen-bond donors (Lipinski definition) is 1. The van der Waals surface area contributed by atoms with E-state index in [1.54, 1.807) is 0 Å². The van der Waals surface area contributed by atoms with Crippen molar-refractivity contribution in [1.29, 1.82) is 0 Å². The number of primary amides is 1. The van der Waals surface area contributed by atoms with Gasteiger partial charge < -0.3 is 15.4 Å². The van der Waals surface area contributed by atoms with E-state index < -0.39 is 10.8 Å². The van der Waals surface area contributed by atoms with E-state index in [4.69, 9.17) is 22.1 Å². The lowest BCUT2D eigenvalue weighted by Gasteiger charge is -2.29. The highest BCUT2D eigenvalue weighted by Crippen LogP contribution is 2.36. The van der Waals surface area contributed by atoms with Gasteiger partial charge in [0.1, 0.15) is 5.02 Å². The zero-order chi connectivity index (χ0) is 14.0. The largest absolute Gasteiger partial charge is 0.378 e. The molecule has 0 aliphatic carbocycles. The Morgan fingerprint density at radius 1 is 1.42 bits per heavy atom. The number of anilines is 1. The Bertz CT molecular complexity index is 529. The van der Waals surface area contributed by atoms with Gasteiger partial charge in [-0.1, -0.05) is 11.6 Å². The average Bonchev–Trinajstić information content (AvgIpc) is 2.39. The fourth-order valence-corrected chi connectivity index (χ4v) is 2.20. The standard InChI is InChI=1S/C11H12ClN3O4/c12-10-8(14-1-3-19-4-2-14)5-7(11(13)16)6-9(10)15(17)18/h5-6H,1-4H2,(H2,13,16). The second-order valence-electron chi connectivity index (χ2n) is 4.05. The summed E-state index contributed by atoms with van der Waals surface area (Å²) in [6, 6.07) is 2.57. The molecule has 0 saturated carbocycles. The van der Waals surface area contributed by atoms with Crippen LogP contribution in [0.4, 0.5) is 11.4 Å². The van der Waals surface area contributed by atoms with Gasteiger partial charge in [-0.2, -0.15) is 0 Å². The highest BCUT2D eigenvalue weighted by atomic mass is 35.5. The molecule has 7 nitrogen and oxygen atoms in total. The summed E-state index contributed by atoms with van der Waals surface area (Å²) < 4.78 is 5.21. The van der Waals surface area contributed by atoms with E-state index in [1.807, 2.05) is 4.90 Å². The first kappa shape index (κ1) is 13.6. The molecule has 2 rings (SSSR count). The van der Waals surface area contributed by atoms with E-state index >= 15 is 0 Å². The van der Waals surface area contributed by atoms with Crippen LogP contribution in [0.1, 0.15) is 10.4 Å². The maximum Gasteiger partial charge on any atom is 0.290 e. The highest BCUT2D eigenvalue weighted by molar-refractivity contribution is 6.35. The Balaban J connectivity index is 2.51. The van der Waals surface area contributed by atoms with Crippen LogP contribution >= 0.6 is 11.6 Å². The molecule has 0 unspecified atom stereocenters. The van der Waals surface area contributed by atoms with Gasteiger partial charge >= 0.3 is 0 Å². The van der Waals surface area contributed by atoms with Gasteiger partial charge in [0, 0.05) is 24.7 Å². The zero-order valence-electron chi connectivity index (χ0n) is 9.97. The summed E-state index contributed by atoms with van der Waals surface area (Å²) in [6.07, 6.45) is 0. The van der Waals surface area contributed by atoms with Gasteiger partial charge in [0.15, 0.2) is 0 Å². The van der Waals surface area contributed by atoms with Crippen molar-refractivity contribution in [2.24, 2.45) is 5.73 Å². The number of halogens is 1. The number of benzene rings is 1. The lowest BCUT2D eigenvalue weighted by molar-refractivity contribution is -0.384. The van der Waals surface area contributed by atoms with Gasteiger partial charge in [-0.15, -0.1) is 0 Å². The number of nitrogens with zero attached hydrogens (tertiary/aromatic N) is 2. The zero-order valence-corrected chi connectivity index (χ0v) is 10.7. The molecule has 8 heteroatoms. The molecule has 1 saturated heterocycles. The third-order valence-electron chi connectivity index (χ3n) is 2.87. The van der Waals surface area contributed by atoms with Crippen LogP contribution in [0.15, 0.2) is 12.1 Å². The average molecular weight is 286 g/mol. The van der Waals surface area contributed by atoms with Gasteiger partial charge in [-0.3, -0.25) is 14.9 Å². The third-order valence-corrected chi connectivity index (χ3v) is 3.25. The molecular formula is C11H12ClN3O4. The molecule has 0 atom stereocenters. The number of nitrogens with two attached hydrogens (primary N) is 1. The first-order chi connectivity index (χ1) is 9.00. The number of morpholine rings is 1. The molecule has 1 aromatic carbocycles. The first-order valence-corrected chi connectivity index (χ1v) is 5.99. The monoisotopic (exact) mass is 285 g/mol. The molecule has 1 heterocycles. The minimum absolute atomic E-state index is 0.0110. The van der Waals surface area contributed by atoms with Crippen LogP contribution in [0.25, 0.3) is 0 Å². The van der Waals surface area contributed by atoms with Crippen molar-refractivity contribution in [1.82, 2.24) is 0 Å². The molecule has 1 aromatic rings. The van der Waals surface area contributed by atoms with E-state index in [0.717, 1.165) is 6.07 Å². The minimum Gasteiger partial charge on any atom is -0.378 e. The minimum atomic E-state index is -0.728. The predicted octanol–water partition coefficient (Wildman–Crippen LogP) is 1.18. The molecule has 0 radical (unpaired) electrons. The van der Waals surface area contributed by atoms with Gasteiger partial charge in [-0.25, -0.2) is 0 Å². The van der Waals surface area contributed by atoms with Crippen molar-refractivity contribution < 1.29 is 14.5 Å². The quantitative estimate of drug-likeness (QED) is 0.664. The lowest BCUT2D eigenvalue weighted by Crippen LogP contribution is -2.36. The summed E-state index contributed by atoms with van der Waals surface area (Å²) in [6.45, 7) is 2.12. The molecule has 2 N–H and O–H groups in total. The summed E-state index contributed by atoms with van der Waals surface area (Å²) in [5, 5.41) is 11.0. The van der Waals surface area contributed by atoms with Crippen molar-refractivity contribution in [2.75, 3.05) is 31.2 Å². The summed E-state index contributed by atoms with van der Waals surface area (Å²) in [5.41, 5.74) is 5.37. The van der Waals surface area contributed by atoms with E-state index in [2.05, 4.69) is 0 Å². The number of carbonyl (C=O) groups is 1. The lowest BCUT2D eigenvalue weighted by atomic mass is 10.1. The first-order valence-electron chi connectivity index (χ1n) is 5.61. The molecule has 0 bridgehead atoms. The molecular weight excluding hydrogens is 274 g/mol. The summed E-state index contributed by atoms with van der Waals surface area (Å²) in [4.78, 5) is 23.4. The van der Waals surface area contributed by atoms with Crippen LogP contribution in [-0.4, -0.2) is 37.1 Å². The Labute approximate surface area is 114 Å². The van der Waals surface area contributed by atoms with Gasteiger partial charge in [0.25, 0.3) is 5.69 Å². The smallest absolute Gasteiger partial charge is 0.290 e. The normalized spacial score (nSPS) is 15.3. The maximum atomic E-state index is 11.2. The second-order valence-corrected chi connectivity index (χ2v) is 4.43. The van der Waals surface area contributed by atoms with Crippen LogP contribution in [0.2, 0.25) is 5.02 Å². The van der Waals surface area contributed by atoms with Crippen LogP contribution < -0.4 is 10.6 Å². The number of amides is 1. The van der Waals surface area contributed by atoms with Gasteiger partial charge in [0.05, 0.1) is 23.8 Å². The van der Waals surface area contributed by atoms with E-state index in [1.165, 1.54) is 6.07 Å². The number of nitro benzene ring substituents is 1. The van der Waals surface area contributed by atoms with E-state index in [-0.39, 0.29) is 16.3 Å². The predicted molar refractivity (Wildman–Crippen MR) is 69.7 cm³/mol. The molecule has 0 spiro atoms. The number of hydrogen-bond acceptors (Lipinski definition) is 5. The third kappa shape index (κ3) is 2.77. The van der Waals surface area contributed by atoms with Crippen molar-refractivity contribution >= 4 is 28.9 Å². The SMILES string of the molecule is NC(=O)c1cc(N2CCOCC2)c(Cl)c([N+](=O)[O-])c1. The number of rotatable bonds is 3. The second kappa shape index (κ2) is 5.41. The molecule has 1 fully saturated rings. The van der Waals surface area contributed by atoms with Crippen LogP contribution in [0.5, 0.6) is 0 Å². The van der Waals surface area contributed by atoms with Crippen LogP contribution in [0, 0.1) is 10.1 Å². The fourth-order valence-electron chi connectivity index (χ4n) is 1.90. The Morgan fingerprint density at radius 3 is 2.58 bits per heavy atom. The van der Waals surface area contributed by atoms with Crippen molar-refractivity contribution in [3.05, 3.63) is 32.8 Å². The maximum absolute atomic E-state index is 11.2. The summed E-state index contributed by atoms with van der Waals surface area (Å²) >= 11 is 6.04. The van der Waals surface area contributed by atoms with Gasteiger partial charge in [0.2, 0.25) is 5.91 Å². The van der Waals surface area contributed by atoms with Crippen molar-refractivity contribution in [2.45, 2.75) is 0 Å².